The van der Waals surface area contributed by atoms with E-state index in [2.05, 4.69) is 10.6 Å². The molecule has 3 aromatic rings. The molecule has 3 amide bonds. The Morgan fingerprint density at radius 3 is 2.00 bits per heavy atom. The van der Waals surface area contributed by atoms with Gasteiger partial charge in [-0.1, -0.05) is 30.3 Å². The molecule has 8 nitrogen and oxygen atoms in total. The molecule has 4 rings (SSSR count). The fourth-order valence-corrected chi connectivity index (χ4v) is 3.97. The molecule has 0 spiro atoms. The number of hydrogen-bond donors (Lipinski definition) is 2. The van der Waals surface area contributed by atoms with Crippen molar-refractivity contribution in [1.29, 1.82) is 0 Å². The first-order valence-electron chi connectivity index (χ1n) is 11.3. The topological polar surface area (TPSA) is 97.0 Å². The monoisotopic (exact) mass is 473 g/mol. The van der Waals surface area contributed by atoms with E-state index in [0.29, 0.717) is 47.0 Å². The third-order valence-electron chi connectivity index (χ3n) is 5.79. The first kappa shape index (κ1) is 23.8. The van der Waals surface area contributed by atoms with Crippen LogP contribution in [0.3, 0.4) is 0 Å². The predicted molar refractivity (Wildman–Crippen MR) is 133 cm³/mol. The summed E-state index contributed by atoms with van der Waals surface area (Å²) < 4.78 is 10.9. The maximum atomic E-state index is 13.0. The lowest BCUT2D eigenvalue weighted by atomic mass is 10.1. The fraction of sp³-hybridized carbons (Fsp3) is 0.222. The van der Waals surface area contributed by atoms with Crippen molar-refractivity contribution in [3.8, 4) is 11.5 Å². The molecule has 2 N–H and O–H groups in total. The standard InChI is InChI=1S/C27H27N3O5/c1-34-23-16-22(24(35-2)15-21(23)28-26(32)19-9-4-3-5-10-19)29-27(33)20-11-6-8-18(14-20)17-30-13-7-12-25(30)31/h3-6,8-11,14-16H,7,12-13,17H2,1-2H3,(H,28,32)(H,29,33). The predicted octanol–water partition coefficient (Wildman–Crippen LogP) is 4.33. The third kappa shape index (κ3) is 5.60. The lowest BCUT2D eigenvalue weighted by Gasteiger charge is -2.17. The molecular weight excluding hydrogens is 446 g/mol. The van der Waals surface area contributed by atoms with Crippen molar-refractivity contribution < 1.29 is 23.9 Å². The summed E-state index contributed by atoms with van der Waals surface area (Å²) in [5.74, 6) is 0.237. The summed E-state index contributed by atoms with van der Waals surface area (Å²) in [6.07, 6.45) is 1.44. The molecule has 1 fully saturated rings. The van der Waals surface area contributed by atoms with Crippen LogP contribution in [0, 0.1) is 0 Å². The number of hydrogen-bond acceptors (Lipinski definition) is 5. The molecule has 8 heteroatoms. The Hall–Kier alpha value is -4.33. The number of methoxy groups -OCH3 is 2. The zero-order valence-electron chi connectivity index (χ0n) is 19.7. The van der Waals surface area contributed by atoms with Crippen molar-refractivity contribution in [2.24, 2.45) is 0 Å². The van der Waals surface area contributed by atoms with Crippen LogP contribution in [0.5, 0.6) is 11.5 Å². The SMILES string of the molecule is COc1cc(NC(=O)c2cccc(CN3CCCC3=O)c2)c(OC)cc1NC(=O)c1ccccc1. The molecule has 3 aromatic carbocycles. The van der Waals surface area contributed by atoms with Crippen LogP contribution in [0.2, 0.25) is 0 Å². The van der Waals surface area contributed by atoms with Gasteiger partial charge in [0.25, 0.3) is 11.8 Å². The maximum absolute atomic E-state index is 13.0. The number of rotatable bonds is 8. The second-order valence-corrected chi connectivity index (χ2v) is 8.15. The molecule has 0 atom stereocenters. The van der Waals surface area contributed by atoms with E-state index in [0.717, 1.165) is 18.5 Å². The number of benzene rings is 3. The molecule has 1 aliphatic rings. The van der Waals surface area contributed by atoms with E-state index < -0.39 is 0 Å². The van der Waals surface area contributed by atoms with E-state index in [1.165, 1.54) is 14.2 Å². The van der Waals surface area contributed by atoms with Gasteiger partial charge in [0.05, 0.1) is 25.6 Å². The Labute approximate surface area is 203 Å². The van der Waals surface area contributed by atoms with Crippen LogP contribution in [-0.4, -0.2) is 43.4 Å². The Balaban J connectivity index is 1.52. The van der Waals surface area contributed by atoms with Gasteiger partial charge in [-0.05, 0) is 36.2 Å². The number of anilines is 2. The Morgan fingerprint density at radius 2 is 1.43 bits per heavy atom. The minimum atomic E-state index is -0.332. The average Bonchev–Trinajstić information content (AvgIpc) is 3.29. The van der Waals surface area contributed by atoms with Gasteiger partial charge in [-0.3, -0.25) is 14.4 Å². The largest absolute Gasteiger partial charge is 0.494 e. The smallest absolute Gasteiger partial charge is 0.255 e. The minimum absolute atomic E-state index is 0.135. The van der Waals surface area contributed by atoms with Crippen LogP contribution in [0.4, 0.5) is 11.4 Å². The molecule has 1 heterocycles. The number of nitrogens with zero attached hydrogens (tertiary/aromatic N) is 1. The van der Waals surface area contributed by atoms with Crippen molar-refractivity contribution in [3.63, 3.8) is 0 Å². The summed E-state index contributed by atoms with van der Waals surface area (Å²) in [4.78, 5) is 39.4. The Bertz CT molecular complexity index is 1240. The highest BCUT2D eigenvalue weighted by Crippen LogP contribution is 2.37. The Kier molecular flexibility index (Phi) is 7.30. The van der Waals surface area contributed by atoms with Gasteiger partial charge in [0, 0.05) is 42.8 Å². The number of carbonyl (C=O) groups excluding carboxylic acids is 3. The van der Waals surface area contributed by atoms with Crippen molar-refractivity contribution in [1.82, 2.24) is 4.90 Å². The Morgan fingerprint density at radius 1 is 0.829 bits per heavy atom. The van der Waals surface area contributed by atoms with E-state index in [1.807, 2.05) is 12.1 Å². The van der Waals surface area contributed by atoms with E-state index in [1.54, 1.807) is 59.5 Å². The molecule has 0 aromatic heterocycles. The fourth-order valence-electron chi connectivity index (χ4n) is 3.97. The van der Waals surface area contributed by atoms with Gasteiger partial charge in [0.15, 0.2) is 0 Å². The minimum Gasteiger partial charge on any atom is -0.494 e. The summed E-state index contributed by atoms with van der Waals surface area (Å²) in [6.45, 7) is 1.21. The number of nitrogens with one attached hydrogen (secondary N) is 2. The summed E-state index contributed by atoms with van der Waals surface area (Å²) in [6, 6.07) is 19.2. The highest BCUT2D eigenvalue weighted by molar-refractivity contribution is 6.07. The molecule has 0 unspecified atom stereocenters. The van der Waals surface area contributed by atoms with Crippen molar-refractivity contribution in [2.45, 2.75) is 19.4 Å². The van der Waals surface area contributed by atoms with Crippen LogP contribution < -0.4 is 20.1 Å². The molecule has 180 valence electrons. The van der Waals surface area contributed by atoms with Crippen LogP contribution in [0.25, 0.3) is 0 Å². The first-order chi connectivity index (χ1) is 17.0. The molecule has 0 bridgehead atoms. The molecule has 0 aliphatic carbocycles. The van der Waals surface area contributed by atoms with Gasteiger partial charge in [0.1, 0.15) is 11.5 Å². The molecule has 0 saturated carbocycles. The lowest BCUT2D eigenvalue weighted by Crippen LogP contribution is -2.24. The number of likely N-dealkylation sites (tertiary alicyclic amines) is 1. The average molecular weight is 474 g/mol. The van der Waals surface area contributed by atoms with Crippen LogP contribution in [0.15, 0.2) is 66.7 Å². The van der Waals surface area contributed by atoms with Gasteiger partial charge in [-0.25, -0.2) is 0 Å². The van der Waals surface area contributed by atoms with E-state index >= 15 is 0 Å². The second kappa shape index (κ2) is 10.7. The van der Waals surface area contributed by atoms with Crippen molar-refractivity contribution >= 4 is 29.1 Å². The molecule has 35 heavy (non-hydrogen) atoms. The van der Waals surface area contributed by atoms with Crippen molar-refractivity contribution in [3.05, 3.63) is 83.4 Å². The molecular formula is C27H27N3O5. The third-order valence-corrected chi connectivity index (χ3v) is 5.79. The summed E-state index contributed by atoms with van der Waals surface area (Å²) >= 11 is 0. The molecule has 1 aliphatic heterocycles. The lowest BCUT2D eigenvalue weighted by molar-refractivity contribution is -0.128. The quantitative estimate of drug-likeness (QED) is 0.508. The maximum Gasteiger partial charge on any atom is 0.255 e. The zero-order valence-corrected chi connectivity index (χ0v) is 19.7. The van der Waals surface area contributed by atoms with Crippen LogP contribution in [0.1, 0.15) is 39.1 Å². The summed E-state index contributed by atoms with van der Waals surface area (Å²) in [7, 11) is 2.96. The van der Waals surface area contributed by atoms with Gasteiger partial charge in [-0.2, -0.15) is 0 Å². The van der Waals surface area contributed by atoms with Gasteiger partial charge < -0.3 is 25.0 Å². The van der Waals surface area contributed by atoms with Crippen LogP contribution in [-0.2, 0) is 11.3 Å². The van der Waals surface area contributed by atoms with E-state index in [9.17, 15) is 14.4 Å². The van der Waals surface area contributed by atoms with Gasteiger partial charge >= 0.3 is 0 Å². The normalized spacial score (nSPS) is 12.9. The van der Waals surface area contributed by atoms with E-state index in [4.69, 9.17) is 9.47 Å². The van der Waals surface area contributed by atoms with Gasteiger partial charge in [-0.15, -0.1) is 0 Å². The van der Waals surface area contributed by atoms with Crippen molar-refractivity contribution in [2.75, 3.05) is 31.4 Å². The summed E-state index contributed by atoms with van der Waals surface area (Å²) in [5.41, 5.74) is 2.65. The highest BCUT2D eigenvalue weighted by Gasteiger charge is 2.21. The number of carbonyl (C=O) groups is 3. The number of ether oxygens (including phenoxy) is 2. The number of amides is 3. The molecule has 1 saturated heterocycles. The van der Waals surface area contributed by atoms with Crippen LogP contribution >= 0.6 is 0 Å². The van der Waals surface area contributed by atoms with Gasteiger partial charge in [0.2, 0.25) is 5.91 Å². The summed E-state index contributed by atoms with van der Waals surface area (Å²) in [5, 5.41) is 5.68. The second-order valence-electron chi connectivity index (χ2n) is 8.15. The van der Waals surface area contributed by atoms with E-state index in [-0.39, 0.29) is 17.7 Å². The molecule has 0 radical (unpaired) electrons. The highest BCUT2D eigenvalue weighted by atomic mass is 16.5. The first-order valence-corrected chi connectivity index (χ1v) is 11.3. The zero-order chi connectivity index (χ0) is 24.8.